The first kappa shape index (κ1) is 9.80. The molecule has 0 unspecified atom stereocenters. The standard InChI is InChI=1S/C9H15N3O/c1-2-8(10)9(13)12-6-7-3-4-11-5-7/h3-5,8,11H,2,6,10H2,1H3,(H,12,13)/t8-/m0/s1. The van der Waals surface area contributed by atoms with Crippen LogP contribution < -0.4 is 11.1 Å². The van der Waals surface area contributed by atoms with Crippen molar-refractivity contribution < 1.29 is 4.79 Å². The lowest BCUT2D eigenvalue weighted by Crippen LogP contribution is -2.39. The first-order chi connectivity index (χ1) is 6.24. The molecule has 0 aliphatic carbocycles. The fourth-order valence-corrected chi connectivity index (χ4v) is 0.974. The molecule has 1 atom stereocenters. The minimum atomic E-state index is -0.390. The maximum Gasteiger partial charge on any atom is 0.237 e. The van der Waals surface area contributed by atoms with Crippen molar-refractivity contribution in [1.29, 1.82) is 0 Å². The molecule has 4 N–H and O–H groups in total. The summed E-state index contributed by atoms with van der Waals surface area (Å²) in [7, 11) is 0. The van der Waals surface area contributed by atoms with Gasteiger partial charge in [-0.1, -0.05) is 6.92 Å². The predicted molar refractivity (Wildman–Crippen MR) is 50.9 cm³/mol. The van der Waals surface area contributed by atoms with Gasteiger partial charge in [0.25, 0.3) is 0 Å². The van der Waals surface area contributed by atoms with Gasteiger partial charge in [0.05, 0.1) is 6.04 Å². The van der Waals surface area contributed by atoms with E-state index in [0.717, 1.165) is 5.56 Å². The highest BCUT2D eigenvalue weighted by molar-refractivity contribution is 5.81. The van der Waals surface area contributed by atoms with Gasteiger partial charge < -0.3 is 16.0 Å². The number of aromatic amines is 1. The minimum absolute atomic E-state index is 0.0938. The zero-order valence-corrected chi connectivity index (χ0v) is 7.71. The number of nitrogens with two attached hydrogens (primary N) is 1. The highest BCUT2D eigenvalue weighted by Gasteiger charge is 2.09. The molecule has 13 heavy (non-hydrogen) atoms. The van der Waals surface area contributed by atoms with Gasteiger partial charge in [-0.15, -0.1) is 0 Å². The Morgan fingerprint density at radius 3 is 3.08 bits per heavy atom. The molecular weight excluding hydrogens is 166 g/mol. The average molecular weight is 181 g/mol. The normalized spacial score (nSPS) is 12.5. The molecule has 1 aromatic rings. The van der Waals surface area contributed by atoms with E-state index in [9.17, 15) is 4.79 Å². The van der Waals surface area contributed by atoms with Crippen LogP contribution in [0.2, 0.25) is 0 Å². The minimum Gasteiger partial charge on any atom is -0.367 e. The van der Waals surface area contributed by atoms with Crippen LogP contribution in [0, 0.1) is 0 Å². The first-order valence-corrected chi connectivity index (χ1v) is 4.39. The average Bonchev–Trinajstić information content (AvgIpc) is 2.65. The Bertz CT molecular complexity index is 256. The summed E-state index contributed by atoms with van der Waals surface area (Å²) in [6.07, 6.45) is 4.33. The largest absolute Gasteiger partial charge is 0.367 e. The summed E-state index contributed by atoms with van der Waals surface area (Å²) in [5.74, 6) is -0.0938. The van der Waals surface area contributed by atoms with Crippen LogP contribution in [-0.4, -0.2) is 16.9 Å². The van der Waals surface area contributed by atoms with Crippen molar-refractivity contribution in [2.75, 3.05) is 0 Å². The van der Waals surface area contributed by atoms with Crippen molar-refractivity contribution in [3.63, 3.8) is 0 Å². The van der Waals surface area contributed by atoms with Gasteiger partial charge in [-0.2, -0.15) is 0 Å². The Kier molecular flexibility index (Phi) is 3.52. The highest BCUT2D eigenvalue weighted by atomic mass is 16.2. The lowest BCUT2D eigenvalue weighted by Gasteiger charge is -2.08. The number of aromatic nitrogens is 1. The predicted octanol–water partition coefficient (Wildman–Crippen LogP) is 0.368. The second kappa shape index (κ2) is 4.67. The van der Waals surface area contributed by atoms with Crippen LogP contribution >= 0.6 is 0 Å². The molecule has 0 spiro atoms. The first-order valence-electron chi connectivity index (χ1n) is 4.39. The fraction of sp³-hybridized carbons (Fsp3) is 0.444. The number of carbonyl (C=O) groups excluding carboxylic acids is 1. The Hall–Kier alpha value is -1.29. The zero-order valence-electron chi connectivity index (χ0n) is 7.71. The van der Waals surface area contributed by atoms with E-state index in [1.165, 1.54) is 0 Å². The monoisotopic (exact) mass is 181 g/mol. The molecule has 0 bridgehead atoms. The van der Waals surface area contributed by atoms with E-state index in [-0.39, 0.29) is 11.9 Å². The smallest absolute Gasteiger partial charge is 0.237 e. The van der Waals surface area contributed by atoms with Gasteiger partial charge >= 0.3 is 0 Å². The quantitative estimate of drug-likeness (QED) is 0.628. The van der Waals surface area contributed by atoms with E-state index in [4.69, 9.17) is 5.73 Å². The summed E-state index contributed by atoms with van der Waals surface area (Å²) < 4.78 is 0. The SMILES string of the molecule is CC[C@H](N)C(=O)NCc1cc[nH]c1. The molecule has 0 aliphatic rings. The maximum absolute atomic E-state index is 11.2. The van der Waals surface area contributed by atoms with Crippen LogP contribution in [-0.2, 0) is 11.3 Å². The molecule has 1 rings (SSSR count). The van der Waals surface area contributed by atoms with Crippen LogP contribution in [0.25, 0.3) is 0 Å². The van der Waals surface area contributed by atoms with Crippen molar-refractivity contribution >= 4 is 5.91 Å². The summed E-state index contributed by atoms with van der Waals surface area (Å²) in [4.78, 5) is 14.1. The molecule has 0 radical (unpaired) electrons. The summed E-state index contributed by atoms with van der Waals surface area (Å²) >= 11 is 0. The fourth-order valence-electron chi connectivity index (χ4n) is 0.974. The molecule has 0 fully saturated rings. The van der Waals surface area contributed by atoms with E-state index in [2.05, 4.69) is 10.3 Å². The Morgan fingerprint density at radius 2 is 2.54 bits per heavy atom. The molecule has 0 saturated carbocycles. The summed E-state index contributed by atoms with van der Waals surface area (Å²) in [6.45, 7) is 2.43. The number of nitrogens with one attached hydrogen (secondary N) is 2. The third-order valence-corrected chi connectivity index (χ3v) is 1.91. The third-order valence-electron chi connectivity index (χ3n) is 1.91. The summed E-state index contributed by atoms with van der Waals surface area (Å²) in [5.41, 5.74) is 6.59. The lowest BCUT2D eigenvalue weighted by atomic mass is 10.2. The van der Waals surface area contributed by atoms with E-state index < -0.39 is 0 Å². The van der Waals surface area contributed by atoms with Gasteiger partial charge in [0.2, 0.25) is 5.91 Å². The zero-order chi connectivity index (χ0) is 9.68. The Labute approximate surface area is 77.5 Å². The molecule has 4 nitrogen and oxygen atoms in total. The van der Waals surface area contributed by atoms with Crippen LogP contribution in [0.1, 0.15) is 18.9 Å². The summed E-state index contributed by atoms with van der Waals surface area (Å²) in [5, 5.41) is 2.75. The van der Waals surface area contributed by atoms with E-state index >= 15 is 0 Å². The van der Waals surface area contributed by atoms with Gasteiger partial charge in [0.15, 0.2) is 0 Å². The molecular formula is C9H15N3O. The summed E-state index contributed by atoms with van der Waals surface area (Å²) in [6, 6.07) is 1.52. The molecule has 72 valence electrons. The molecule has 0 saturated heterocycles. The molecule has 1 heterocycles. The van der Waals surface area contributed by atoms with Crippen molar-refractivity contribution in [3.8, 4) is 0 Å². The second-order valence-corrected chi connectivity index (χ2v) is 2.95. The van der Waals surface area contributed by atoms with Gasteiger partial charge in [0, 0.05) is 18.9 Å². The van der Waals surface area contributed by atoms with Crippen LogP contribution in [0.5, 0.6) is 0 Å². The van der Waals surface area contributed by atoms with Gasteiger partial charge in [0.1, 0.15) is 0 Å². The number of carbonyl (C=O) groups is 1. The highest BCUT2D eigenvalue weighted by Crippen LogP contribution is 1.95. The van der Waals surface area contributed by atoms with E-state index in [1.54, 1.807) is 0 Å². The lowest BCUT2D eigenvalue weighted by molar-refractivity contribution is -0.122. The Balaban J connectivity index is 2.31. The van der Waals surface area contributed by atoms with Crippen LogP contribution in [0.3, 0.4) is 0 Å². The molecule has 0 aromatic carbocycles. The number of hydrogen-bond acceptors (Lipinski definition) is 2. The third kappa shape index (κ3) is 2.91. The number of H-pyrrole nitrogens is 1. The van der Waals surface area contributed by atoms with Gasteiger partial charge in [-0.05, 0) is 18.1 Å². The maximum atomic E-state index is 11.2. The second-order valence-electron chi connectivity index (χ2n) is 2.95. The molecule has 1 amide bonds. The van der Waals surface area contributed by atoms with E-state index in [1.807, 2.05) is 25.4 Å². The molecule has 0 aliphatic heterocycles. The van der Waals surface area contributed by atoms with Gasteiger partial charge in [-0.25, -0.2) is 0 Å². The van der Waals surface area contributed by atoms with Crippen molar-refractivity contribution in [2.45, 2.75) is 25.9 Å². The number of amides is 1. The van der Waals surface area contributed by atoms with Gasteiger partial charge in [-0.3, -0.25) is 4.79 Å². The van der Waals surface area contributed by atoms with Crippen LogP contribution in [0.4, 0.5) is 0 Å². The molecule has 1 aromatic heterocycles. The van der Waals surface area contributed by atoms with Crippen LogP contribution in [0.15, 0.2) is 18.5 Å². The Morgan fingerprint density at radius 1 is 1.77 bits per heavy atom. The van der Waals surface area contributed by atoms with Crippen molar-refractivity contribution in [2.24, 2.45) is 5.73 Å². The number of hydrogen-bond donors (Lipinski definition) is 3. The van der Waals surface area contributed by atoms with Crippen molar-refractivity contribution in [3.05, 3.63) is 24.0 Å². The topological polar surface area (TPSA) is 70.9 Å². The van der Waals surface area contributed by atoms with E-state index in [0.29, 0.717) is 13.0 Å². The molecule has 4 heteroatoms. The number of rotatable bonds is 4. The van der Waals surface area contributed by atoms with Crippen molar-refractivity contribution in [1.82, 2.24) is 10.3 Å².